The van der Waals surface area contributed by atoms with Gasteiger partial charge in [0.25, 0.3) is 0 Å². The standard InChI is InChI=1S/C23H32N6O/c1-5-24-23(27-16-19-11-12-22(26-15-19)30-17(2)3)25-13-8-14-29-18(4)28-20-9-6-7-10-21(20)29/h6-7,9-12,15,17H,5,8,13-14,16H2,1-4H3,(H2,24,25,27). The molecule has 3 rings (SSSR count). The second kappa shape index (κ2) is 10.6. The molecule has 160 valence electrons. The van der Waals surface area contributed by atoms with E-state index in [1.165, 1.54) is 5.52 Å². The number of rotatable bonds is 9. The number of ether oxygens (including phenoxy) is 1. The number of fused-ring (bicyclic) bond motifs is 1. The maximum Gasteiger partial charge on any atom is 0.213 e. The molecule has 0 spiro atoms. The van der Waals surface area contributed by atoms with Crippen LogP contribution in [0.3, 0.4) is 0 Å². The number of nitrogens with zero attached hydrogens (tertiary/aromatic N) is 4. The maximum absolute atomic E-state index is 5.59. The second-order valence-electron chi connectivity index (χ2n) is 7.45. The molecule has 1 aromatic carbocycles. The average Bonchev–Trinajstić information content (AvgIpc) is 3.05. The van der Waals surface area contributed by atoms with E-state index in [1.807, 2.05) is 38.2 Å². The molecule has 2 N–H and O–H groups in total. The molecule has 0 saturated heterocycles. The molecule has 7 nitrogen and oxygen atoms in total. The number of pyridine rings is 1. The van der Waals surface area contributed by atoms with Gasteiger partial charge in [-0.3, -0.25) is 0 Å². The molecule has 0 aliphatic carbocycles. The summed E-state index contributed by atoms with van der Waals surface area (Å²) in [5.74, 6) is 2.51. The van der Waals surface area contributed by atoms with Crippen LogP contribution in [0, 0.1) is 6.92 Å². The zero-order chi connectivity index (χ0) is 21.3. The number of imidazole rings is 1. The lowest BCUT2D eigenvalue weighted by atomic mass is 10.3. The van der Waals surface area contributed by atoms with Crippen LogP contribution in [0.5, 0.6) is 5.88 Å². The smallest absolute Gasteiger partial charge is 0.213 e. The molecule has 0 saturated carbocycles. The van der Waals surface area contributed by atoms with Crippen LogP contribution in [0.25, 0.3) is 11.0 Å². The Kier molecular flexibility index (Phi) is 7.65. The van der Waals surface area contributed by atoms with E-state index in [1.54, 1.807) is 0 Å². The second-order valence-corrected chi connectivity index (χ2v) is 7.45. The van der Waals surface area contributed by atoms with E-state index in [2.05, 4.69) is 62.2 Å². The van der Waals surface area contributed by atoms with E-state index in [4.69, 9.17) is 4.74 Å². The largest absolute Gasteiger partial charge is 0.475 e. The number of hydrogen-bond donors (Lipinski definition) is 2. The minimum absolute atomic E-state index is 0.120. The van der Waals surface area contributed by atoms with E-state index in [-0.39, 0.29) is 6.10 Å². The third kappa shape index (κ3) is 5.95. The molecule has 0 aliphatic rings. The Bertz CT molecular complexity index is 961. The lowest BCUT2D eigenvalue weighted by Crippen LogP contribution is -2.38. The van der Waals surface area contributed by atoms with Gasteiger partial charge in [-0.15, -0.1) is 0 Å². The molecule has 2 aromatic heterocycles. The fraction of sp³-hybridized carbons (Fsp3) is 0.435. The number of aryl methyl sites for hydroxylation is 2. The Hall–Kier alpha value is -3.09. The molecule has 3 aromatic rings. The van der Waals surface area contributed by atoms with Crippen LogP contribution in [0.15, 0.2) is 47.6 Å². The van der Waals surface area contributed by atoms with Crippen molar-refractivity contribution in [3.05, 3.63) is 54.0 Å². The van der Waals surface area contributed by atoms with Gasteiger partial charge in [0, 0.05) is 31.9 Å². The van der Waals surface area contributed by atoms with Gasteiger partial charge in [-0.05, 0) is 51.8 Å². The third-order valence-electron chi connectivity index (χ3n) is 4.61. The molecule has 0 bridgehead atoms. The summed E-state index contributed by atoms with van der Waals surface area (Å²) in [6.45, 7) is 11.2. The lowest BCUT2D eigenvalue weighted by Gasteiger charge is -2.12. The molecule has 0 unspecified atom stereocenters. The topological polar surface area (TPSA) is 76.4 Å². The van der Waals surface area contributed by atoms with Crippen molar-refractivity contribution in [1.29, 1.82) is 0 Å². The van der Waals surface area contributed by atoms with Gasteiger partial charge in [0.2, 0.25) is 5.88 Å². The van der Waals surface area contributed by atoms with E-state index in [9.17, 15) is 0 Å². The fourth-order valence-corrected chi connectivity index (χ4v) is 3.25. The quantitative estimate of drug-likeness (QED) is 0.321. The normalized spacial score (nSPS) is 11.8. The van der Waals surface area contributed by atoms with Crippen molar-refractivity contribution in [2.75, 3.05) is 13.1 Å². The van der Waals surface area contributed by atoms with Crippen LogP contribution in [-0.4, -0.2) is 39.7 Å². The van der Waals surface area contributed by atoms with Crippen LogP contribution in [-0.2, 0) is 13.1 Å². The van der Waals surface area contributed by atoms with Crippen molar-refractivity contribution in [3.63, 3.8) is 0 Å². The third-order valence-corrected chi connectivity index (χ3v) is 4.61. The molecule has 0 aliphatic heterocycles. The number of hydrogen-bond acceptors (Lipinski definition) is 4. The first-order chi connectivity index (χ1) is 14.6. The van der Waals surface area contributed by atoms with Crippen molar-refractivity contribution in [2.24, 2.45) is 4.99 Å². The first-order valence-electron chi connectivity index (χ1n) is 10.6. The molecule has 7 heteroatoms. The Morgan fingerprint density at radius 1 is 1.17 bits per heavy atom. The van der Waals surface area contributed by atoms with Crippen LogP contribution in [0.2, 0.25) is 0 Å². The first-order valence-corrected chi connectivity index (χ1v) is 10.6. The van der Waals surface area contributed by atoms with E-state index in [0.29, 0.717) is 12.4 Å². The van der Waals surface area contributed by atoms with Crippen LogP contribution < -0.4 is 15.4 Å². The lowest BCUT2D eigenvalue weighted by molar-refractivity contribution is 0.232. The minimum Gasteiger partial charge on any atom is -0.475 e. The van der Waals surface area contributed by atoms with Gasteiger partial charge in [0.05, 0.1) is 23.7 Å². The van der Waals surface area contributed by atoms with Gasteiger partial charge in [-0.25, -0.2) is 15.0 Å². The summed E-state index contributed by atoms with van der Waals surface area (Å²) in [4.78, 5) is 13.6. The monoisotopic (exact) mass is 408 g/mol. The number of benzene rings is 1. The summed E-state index contributed by atoms with van der Waals surface area (Å²) in [5.41, 5.74) is 3.29. The van der Waals surface area contributed by atoms with Gasteiger partial charge >= 0.3 is 0 Å². The Labute approximate surface area is 178 Å². The zero-order valence-electron chi connectivity index (χ0n) is 18.4. The summed E-state index contributed by atoms with van der Waals surface area (Å²) in [6, 6.07) is 12.2. The van der Waals surface area contributed by atoms with Crippen molar-refractivity contribution in [2.45, 2.75) is 53.3 Å². The highest BCUT2D eigenvalue weighted by molar-refractivity contribution is 5.79. The molecule has 0 fully saturated rings. The van der Waals surface area contributed by atoms with Crippen molar-refractivity contribution < 1.29 is 4.74 Å². The highest BCUT2D eigenvalue weighted by Gasteiger charge is 2.06. The highest BCUT2D eigenvalue weighted by atomic mass is 16.5. The zero-order valence-corrected chi connectivity index (χ0v) is 18.4. The van der Waals surface area contributed by atoms with E-state index >= 15 is 0 Å². The van der Waals surface area contributed by atoms with Gasteiger partial charge < -0.3 is 19.9 Å². The van der Waals surface area contributed by atoms with E-state index < -0.39 is 0 Å². The summed E-state index contributed by atoms with van der Waals surface area (Å²) < 4.78 is 7.86. The van der Waals surface area contributed by atoms with Crippen molar-refractivity contribution >= 4 is 17.0 Å². The van der Waals surface area contributed by atoms with Crippen LogP contribution in [0.1, 0.15) is 38.6 Å². The average molecular weight is 409 g/mol. The Morgan fingerprint density at radius 2 is 2.00 bits per heavy atom. The van der Waals surface area contributed by atoms with Gasteiger partial charge in [0.1, 0.15) is 5.82 Å². The number of para-hydroxylation sites is 2. The molecule has 0 amide bonds. The predicted molar refractivity (Wildman–Crippen MR) is 122 cm³/mol. The maximum atomic E-state index is 5.59. The van der Waals surface area contributed by atoms with Gasteiger partial charge in [-0.2, -0.15) is 0 Å². The van der Waals surface area contributed by atoms with Gasteiger partial charge in [-0.1, -0.05) is 18.2 Å². The Balaban J connectivity index is 1.52. The molecule has 0 radical (unpaired) electrons. The fourth-order valence-electron chi connectivity index (χ4n) is 3.25. The number of guanidine groups is 1. The van der Waals surface area contributed by atoms with Crippen LogP contribution >= 0.6 is 0 Å². The Morgan fingerprint density at radius 3 is 2.73 bits per heavy atom. The van der Waals surface area contributed by atoms with E-state index in [0.717, 1.165) is 48.9 Å². The van der Waals surface area contributed by atoms with Gasteiger partial charge in [0.15, 0.2) is 5.96 Å². The summed E-state index contributed by atoms with van der Waals surface area (Å²) in [5, 5.41) is 6.72. The summed E-state index contributed by atoms with van der Waals surface area (Å²) in [6.07, 6.45) is 2.92. The molecule has 0 atom stereocenters. The summed E-state index contributed by atoms with van der Waals surface area (Å²) in [7, 11) is 0. The number of aromatic nitrogens is 3. The highest BCUT2D eigenvalue weighted by Crippen LogP contribution is 2.15. The molecular weight excluding hydrogens is 376 g/mol. The van der Waals surface area contributed by atoms with Crippen molar-refractivity contribution in [1.82, 2.24) is 25.2 Å². The molecular formula is C23H32N6O. The summed E-state index contributed by atoms with van der Waals surface area (Å²) >= 11 is 0. The SMILES string of the molecule is CCNC(=NCc1ccc(OC(C)C)nc1)NCCCn1c(C)nc2ccccc21. The number of nitrogens with one attached hydrogen (secondary N) is 2. The predicted octanol–water partition coefficient (Wildman–Crippen LogP) is 3.67. The number of aliphatic imine (C=N–C) groups is 1. The van der Waals surface area contributed by atoms with Crippen molar-refractivity contribution in [3.8, 4) is 5.88 Å². The first kappa shape index (κ1) is 21.6. The molecule has 2 heterocycles. The van der Waals surface area contributed by atoms with Crippen LogP contribution in [0.4, 0.5) is 0 Å². The molecule has 30 heavy (non-hydrogen) atoms. The minimum atomic E-state index is 0.120.